The number of hydrogen-bond donors (Lipinski definition) is 1. The summed E-state index contributed by atoms with van der Waals surface area (Å²) in [7, 11) is 0. The van der Waals surface area contributed by atoms with E-state index >= 15 is 0 Å². The molecule has 0 saturated carbocycles. The molecule has 0 aliphatic heterocycles. The monoisotopic (exact) mass is 313 g/mol. The maximum absolute atomic E-state index is 12.2. The van der Waals surface area contributed by atoms with E-state index in [0.29, 0.717) is 6.54 Å². The largest absolute Gasteiger partial charge is 0.356 e. The van der Waals surface area contributed by atoms with Crippen LogP contribution in [-0.4, -0.2) is 22.2 Å². The maximum atomic E-state index is 12.2. The molecular weight excluding hydrogens is 286 g/mol. The van der Waals surface area contributed by atoms with Crippen LogP contribution in [0.5, 0.6) is 0 Å². The minimum Gasteiger partial charge on any atom is -0.356 e. The third-order valence-corrected chi connectivity index (χ3v) is 4.19. The van der Waals surface area contributed by atoms with Crippen LogP contribution in [0.1, 0.15) is 45.1 Å². The van der Waals surface area contributed by atoms with Crippen molar-refractivity contribution in [2.45, 2.75) is 46.0 Å². The quantitative estimate of drug-likeness (QED) is 0.766. The van der Waals surface area contributed by atoms with E-state index in [1.807, 2.05) is 16.9 Å². The highest BCUT2D eigenvalue weighted by Crippen LogP contribution is 2.13. The summed E-state index contributed by atoms with van der Waals surface area (Å²) in [5.74, 6) is 0.367. The number of carbonyl (C=O) groups is 1. The molecule has 0 radical (unpaired) electrons. The summed E-state index contributed by atoms with van der Waals surface area (Å²) in [4.78, 5) is 12.2. The van der Waals surface area contributed by atoms with Gasteiger partial charge >= 0.3 is 0 Å². The summed E-state index contributed by atoms with van der Waals surface area (Å²) in [6.07, 6.45) is 8.74. The smallest absolute Gasteiger partial charge is 0.223 e. The minimum atomic E-state index is 0.164. The molecule has 0 spiro atoms. The maximum Gasteiger partial charge on any atom is 0.223 e. The van der Waals surface area contributed by atoms with E-state index in [-0.39, 0.29) is 11.8 Å². The van der Waals surface area contributed by atoms with Gasteiger partial charge in [0.05, 0.1) is 5.69 Å². The second kappa shape index (κ2) is 9.13. The molecule has 1 heterocycles. The lowest BCUT2D eigenvalue weighted by atomic mass is 9.98. The molecule has 0 bridgehead atoms. The Morgan fingerprint density at radius 1 is 1.26 bits per heavy atom. The van der Waals surface area contributed by atoms with Crippen molar-refractivity contribution in [3.05, 3.63) is 48.3 Å². The molecule has 0 saturated heterocycles. The predicted octanol–water partition coefficient (Wildman–Crippen LogP) is 3.75. The van der Waals surface area contributed by atoms with Crippen LogP contribution in [0.15, 0.2) is 42.7 Å². The molecule has 124 valence electrons. The van der Waals surface area contributed by atoms with Crippen LogP contribution >= 0.6 is 0 Å². The topological polar surface area (TPSA) is 46.9 Å². The third-order valence-electron chi connectivity index (χ3n) is 4.19. The van der Waals surface area contributed by atoms with Gasteiger partial charge in [0, 0.05) is 24.9 Å². The molecule has 0 fully saturated rings. The average Bonchev–Trinajstić information content (AvgIpc) is 3.11. The zero-order valence-electron chi connectivity index (χ0n) is 14.2. The number of benzene rings is 1. The Morgan fingerprint density at radius 2 is 2.04 bits per heavy atom. The van der Waals surface area contributed by atoms with Crippen molar-refractivity contribution in [1.29, 1.82) is 0 Å². The van der Waals surface area contributed by atoms with Crippen molar-refractivity contribution >= 4 is 5.91 Å². The van der Waals surface area contributed by atoms with E-state index < -0.39 is 0 Å². The summed E-state index contributed by atoms with van der Waals surface area (Å²) in [5, 5.41) is 7.29. The van der Waals surface area contributed by atoms with Gasteiger partial charge < -0.3 is 5.32 Å². The Labute approximate surface area is 138 Å². The van der Waals surface area contributed by atoms with E-state index in [9.17, 15) is 4.79 Å². The molecule has 1 amide bonds. The molecule has 2 aromatic rings. The SMILES string of the molecule is CCCCC(CC)C(=O)NCCc1ccc(-n2cccn2)cc1. The van der Waals surface area contributed by atoms with Crippen LogP contribution in [0.4, 0.5) is 0 Å². The Kier molecular flexibility index (Phi) is 6.85. The van der Waals surface area contributed by atoms with Crippen molar-refractivity contribution in [3.8, 4) is 5.69 Å². The van der Waals surface area contributed by atoms with Crippen LogP contribution < -0.4 is 5.32 Å². The lowest BCUT2D eigenvalue weighted by molar-refractivity contribution is -0.125. The molecular formula is C19H27N3O. The zero-order valence-corrected chi connectivity index (χ0v) is 14.2. The number of nitrogens with zero attached hydrogens (tertiary/aromatic N) is 2. The van der Waals surface area contributed by atoms with Crippen LogP contribution in [0.25, 0.3) is 5.69 Å². The van der Waals surface area contributed by atoms with Gasteiger partial charge in [-0.25, -0.2) is 4.68 Å². The van der Waals surface area contributed by atoms with Crippen molar-refractivity contribution in [2.24, 2.45) is 5.92 Å². The number of rotatable bonds is 9. The standard InChI is InChI=1S/C19H27N3O/c1-3-5-7-17(4-2)19(23)20-14-12-16-8-10-18(11-9-16)22-15-6-13-21-22/h6,8-11,13,15,17H,3-5,7,12,14H2,1-2H3,(H,20,23). The molecule has 1 N–H and O–H groups in total. The lowest BCUT2D eigenvalue weighted by Crippen LogP contribution is -2.32. The molecule has 0 aliphatic carbocycles. The van der Waals surface area contributed by atoms with Gasteiger partial charge in [-0.1, -0.05) is 38.8 Å². The number of hydrogen-bond acceptors (Lipinski definition) is 2. The van der Waals surface area contributed by atoms with Gasteiger partial charge in [0.2, 0.25) is 5.91 Å². The Bertz CT molecular complexity index is 575. The summed E-state index contributed by atoms with van der Waals surface area (Å²) in [5.41, 5.74) is 2.27. The zero-order chi connectivity index (χ0) is 16.5. The Morgan fingerprint density at radius 3 is 2.65 bits per heavy atom. The van der Waals surface area contributed by atoms with E-state index in [2.05, 4.69) is 48.5 Å². The number of nitrogens with one attached hydrogen (secondary N) is 1. The number of aromatic nitrogens is 2. The first-order valence-electron chi connectivity index (χ1n) is 8.61. The van der Waals surface area contributed by atoms with Gasteiger partial charge in [0.25, 0.3) is 0 Å². The number of amides is 1. The molecule has 1 unspecified atom stereocenters. The molecule has 4 heteroatoms. The Balaban J connectivity index is 1.78. The fourth-order valence-electron chi connectivity index (χ4n) is 2.68. The molecule has 1 aromatic carbocycles. The summed E-state index contributed by atoms with van der Waals surface area (Å²) in [6, 6.07) is 10.2. The van der Waals surface area contributed by atoms with Crippen LogP contribution in [0.3, 0.4) is 0 Å². The Hall–Kier alpha value is -2.10. The number of unbranched alkanes of at least 4 members (excludes halogenated alkanes) is 1. The molecule has 1 atom stereocenters. The summed E-state index contributed by atoms with van der Waals surface area (Å²) < 4.78 is 1.84. The molecule has 1 aromatic heterocycles. The normalized spacial score (nSPS) is 12.1. The summed E-state index contributed by atoms with van der Waals surface area (Å²) >= 11 is 0. The van der Waals surface area contributed by atoms with Gasteiger partial charge in [-0.15, -0.1) is 0 Å². The van der Waals surface area contributed by atoms with Crippen LogP contribution in [-0.2, 0) is 11.2 Å². The fraction of sp³-hybridized carbons (Fsp3) is 0.474. The minimum absolute atomic E-state index is 0.164. The highest BCUT2D eigenvalue weighted by Gasteiger charge is 2.14. The van der Waals surface area contributed by atoms with Gasteiger partial charge in [-0.05, 0) is 43.0 Å². The van der Waals surface area contributed by atoms with E-state index in [1.54, 1.807) is 6.20 Å². The second-order valence-corrected chi connectivity index (χ2v) is 5.91. The fourth-order valence-corrected chi connectivity index (χ4v) is 2.68. The van der Waals surface area contributed by atoms with Crippen molar-refractivity contribution in [3.63, 3.8) is 0 Å². The van der Waals surface area contributed by atoms with Crippen molar-refractivity contribution < 1.29 is 4.79 Å². The highest BCUT2D eigenvalue weighted by molar-refractivity contribution is 5.78. The third kappa shape index (κ3) is 5.23. The van der Waals surface area contributed by atoms with E-state index in [0.717, 1.165) is 37.8 Å². The molecule has 2 rings (SSSR count). The first-order valence-corrected chi connectivity index (χ1v) is 8.61. The van der Waals surface area contributed by atoms with Gasteiger partial charge in [0.15, 0.2) is 0 Å². The van der Waals surface area contributed by atoms with Gasteiger partial charge in [-0.3, -0.25) is 4.79 Å². The highest BCUT2D eigenvalue weighted by atomic mass is 16.1. The first kappa shape index (κ1) is 17.3. The van der Waals surface area contributed by atoms with Crippen LogP contribution in [0, 0.1) is 5.92 Å². The van der Waals surface area contributed by atoms with E-state index in [1.165, 1.54) is 5.56 Å². The van der Waals surface area contributed by atoms with Gasteiger partial charge in [-0.2, -0.15) is 5.10 Å². The predicted molar refractivity (Wildman–Crippen MR) is 93.6 cm³/mol. The summed E-state index contributed by atoms with van der Waals surface area (Å²) in [6.45, 7) is 4.95. The lowest BCUT2D eigenvalue weighted by Gasteiger charge is -2.14. The van der Waals surface area contributed by atoms with Crippen molar-refractivity contribution in [1.82, 2.24) is 15.1 Å². The van der Waals surface area contributed by atoms with Crippen LogP contribution in [0.2, 0.25) is 0 Å². The second-order valence-electron chi connectivity index (χ2n) is 5.91. The molecule has 23 heavy (non-hydrogen) atoms. The average molecular weight is 313 g/mol. The van der Waals surface area contributed by atoms with Crippen molar-refractivity contribution in [2.75, 3.05) is 6.54 Å². The van der Waals surface area contributed by atoms with Gasteiger partial charge in [0.1, 0.15) is 0 Å². The first-order chi connectivity index (χ1) is 11.2. The molecule has 4 nitrogen and oxygen atoms in total. The number of carbonyl (C=O) groups excluding carboxylic acids is 1. The molecule has 0 aliphatic rings. The van der Waals surface area contributed by atoms with E-state index in [4.69, 9.17) is 0 Å².